The topological polar surface area (TPSA) is 57.6 Å². The van der Waals surface area contributed by atoms with Crippen molar-refractivity contribution in [2.24, 2.45) is 0 Å². The van der Waals surface area contributed by atoms with E-state index in [0.29, 0.717) is 0 Å². The van der Waals surface area contributed by atoms with E-state index in [2.05, 4.69) is 0 Å². The molecule has 0 aromatic carbocycles. The molecular formula is C9H10F5NO3. The first-order valence-electron chi connectivity index (χ1n) is 5.03. The van der Waals surface area contributed by atoms with Crippen LogP contribution in [0.1, 0.15) is 19.3 Å². The van der Waals surface area contributed by atoms with Crippen molar-refractivity contribution in [1.82, 2.24) is 4.90 Å². The summed E-state index contributed by atoms with van der Waals surface area (Å²) in [6.07, 6.45) is -6.79. The van der Waals surface area contributed by atoms with Gasteiger partial charge in [-0.05, 0) is 12.8 Å². The lowest BCUT2D eigenvalue weighted by atomic mass is 10.1. The number of hydrogen-bond donors (Lipinski definition) is 1. The minimum Gasteiger partial charge on any atom is -0.480 e. The molecule has 0 spiro atoms. The number of likely N-dealkylation sites (tertiary alicyclic amines) is 1. The predicted octanol–water partition coefficient (Wildman–Crippen LogP) is 1.65. The molecule has 18 heavy (non-hydrogen) atoms. The maximum absolute atomic E-state index is 13.1. The standard InChI is InChI=1S/C9H10F5NO3/c10-8(11)3-1-2-5(6(16)17)15(4-8)7(18)9(12,13)14/h5H,1-4H2,(H,16,17). The minimum atomic E-state index is -5.37. The largest absolute Gasteiger partial charge is 0.480 e. The summed E-state index contributed by atoms with van der Waals surface area (Å²) in [6.45, 7) is -1.53. The Morgan fingerprint density at radius 1 is 1.28 bits per heavy atom. The SMILES string of the molecule is O=C(O)C1CCCC(F)(F)CN1C(=O)C(F)(F)F. The maximum Gasteiger partial charge on any atom is 0.471 e. The van der Waals surface area contributed by atoms with Gasteiger partial charge in [0.25, 0.3) is 5.92 Å². The maximum atomic E-state index is 13.1. The van der Waals surface area contributed by atoms with Crippen LogP contribution in [-0.4, -0.2) is 46.6 Å². The number of carboxylic acid groups (broad SMARTS) is 1. The van der Waals surface area contributed by atoms with E-state index in [-0.39, 0.29) is 11.3 Å². The van der Waals surface area contributed by atoms with Gasteiger partial charge in [0.05, 0.1) is 6.54 Å². The van der Waals surface area contributed by atoms with Crippen LogP contribution in [-0.2, 0) is 9.59 Å². The molecule has 1 amide bonds. The molecule has 1 aliphatic rings. The Kier molecular flexibility index (Phi) is 3.82. The van der Waals surface area contributed by atoms with Gasteiger partial charge in [0.15, 0.2) is 0 Å². The van der Waals surface area contributed by atoms with E-state index in [1.807, 2.05) is 0 Å². The number of aliphatic carboxylic acids is 1. The fourth-order valence-electron chi connectivity index (χ4n) is 1.78. The molecule has 1 heterocycles. The highest BCUT2D eigenvalue weighted by Crippen LogP contribution is 2.31. The predicted molar refractivity (Wildman–Crippen MR) is 48.0 cm³/mol. The highest BCUT2D eigenvalue weighted by Gasteiger charge is 2.50. The molecule has 1 atom stereocenters. The summed E-state index contributed by atoms with van der Waals surface area (Å²) < 4.78 is 63.0. The molecule has 1 aliphatic heterocycles. The summed E-state index contributed by atoms with van der Waals surface area (Å²) in [5, 5.41) is 8.71. The fraction of sp³-hybridized carbons (Fsp3) is 0.778. The summed E-state index contributed by atoms with van der Waals surface area (Å²) >= 11 is 0. The first kappa shape index (κ1) is 14.7. The van der Waals surface area contributed by atoms with Gasteiger partial charge in [-0.1, -0.05) is 0 Å². The number of carbonyl (C=O) groups is 2. The van der Waals surface area contributed by atoms with Crippen molar-refractivity contribution in [3.8, 4) is 0 Å². The second kappa shape index (κ2) is 4.69. The van der Waals surface area contributed by atoms with E-state index in [1.54, 1.807) is 0 Å². The van der Waals surface area contributed by atoms with Crippen molar-refractivity contribution < 1.29 is 36.6 Å². The summed E-state index contributed by atoms with van der Waals surface area (Å²) in [5.74, 6) is -7.77. The van der Waals surface area contributed by atoms with Crippen molar-refractivity contribution in [1.29, 1.82) is 0 Å². The smallest absolute Gasteiger partial charge is 0.471 e. The molecule has 1 N–H and O–H groups in total. The second-order valence-corrected chi connectivity index (χ2v) is 4.03. The third kappa shape index (κ3) is 3.30. The Morgan fingerprint density at radius 3 is 2.28 bits per heavy atom. The van der Waals surface area contributed by atoms with E-state index in [1.165, 1.54) is 0 Å². The monoisotopic (exact) mass is 275 g/mol. The molecule has 1 fully saturated rings. The molecule has 1 rings (SSSR count). The van der Waals surface area contributed by atoms with Gasteiger partial charge in [-0.3, -0.25) is 4.79 Å². The lowest BCUT2D eigenvalue weighted by Crippen LogP contribution is -2.52. The van der Waals surface area contributed by atoms with E-state index in [0.717, 1.165) is 0 Å². The van der Waals surface area contributed by atoms with Crippen molar-refractivity contribution in [2.45, 2.75) is 37.4 Å². The Balaban J connectivity index is 3.05. The van der Waals surface area contributed by atoms with Gasteiger partial charge in [0.1, 0.15) is 6.04 Å². The van der Waals surface area contributed by atoms with Gasteiger partial charge in [-0.2, -0.15) is 13.2 Å². The minimum absolute atomic E-state index is 0.258. The molecule has 0 aromatic rings. The summed E-state index contributed by atoms with van der Waals surface area (Å²) in [6, 6.07) is -1.87. The van der Waals surface area contributed by atoms with Gasteiger partial charge in [0.2, 0.25) is 0 Å². The van der Waals surface area contributed by atoms with Crippen LogP contribution < -0.4 is 0 Å². The number of amides is 1. The highest BCUT2D eigenvalue weighted by molar-refractivity contribution is 5.87. The summed E-state index contributed by atoms with van der Waals surface area (Å²) in [4.78, 5) is 21.4. The van der Waals surface area contributed by atoms with E-state index >= 15 is 0 Å². The number of alkyl halides is 5. The Bertz CT molecular complexity index is 355. The van der Waals surface area contributed by atoms with Gasteiger partial charge >= 0.3 is 18.1 Å². The first-order chi connectivity index (χ1) is 8.04. The zero-order valence-corrected chi connectivity index (χ0v) is 9.01. The molecule has 9 heteroatoms. The van der Waals surface area contributed by atoms with Crippen LogP contribution in [0.4, 0.5) is 22.0 Å². The van der Waals surface area contributed by atoms with Crippen molar-refractivity contribution in [3.05, 3.63) is 0 Å². The highest BCUT2D eigenvalue weighted by atomic mass is 19.4. The Labute approximate surface area is 98.4 Å². The van der Waals surface area contributed by atoms with Crippen molar-refractivity contribution >= 4 is 11.9 Å². The number of halogens is 5. The van der Waals surface area contributed by atoms with E-state index in [9.17, 15) is 31.5 Å². The van der Waals surface area contributed by atoms with E-state index < -0.39 is 49.4 Å². The lowest BCUT2D eigenvalue weighted by molar-refractivity contribution is -0.193. The molecule has 0 aromatic heterocycles. The van der Waals surface area contributed by atoms with Crippen molar-refractivity contribution in [3.63, 3.8) is 0 Å². The molecule has 1 saturated heterocycles. The van der Waals surface area contributed by atoms with E-state index in [4.69, 9.17) is 5.11 Å². The Morgan fingerprint density at radius 2 is 1.83 bits per heavy atom. The zero-order chi connectivity index (χ0) is 14.1. The first-order valence-corrected chi connectivity index (χ1v) is 5.03. The molecule has 0 saturated carbocycles. The molecule has 0 aliphatic carbocycles. The van der Waals surface area contributed by atoms with Crippen LogP contribution in [0.3, 0.4) is 0 Å². The van der Waals surface area contributed by atoms with Crippen LogP contribution in [0.2, 0.25) is 0 Å². The molecular weight excluding hydrogens is 265 g/mol. The van der Waals surface area contributed by atoms with Crippen LogP contribution in [0.15, 0.2) is 0 Å². The molecule has 104 valence electrons. The number of rotatable bonds is 1. The summed E-state index contributed by atoms with van der Waals surface area (Å²) in [7, 11) is 0. The van der Waals surface area contributed by atoms with Gasteiger partial charge in [-0.25, -0.2) is 13.6 Å². The van der Waals surface area contributed by atoms with Crippen molar-refractivity contribution in [2.75, 3.05) is 6.54 Å². The quantitative estimate of drug-likeness (QED) is 0.740. The lowest BCUT2D eigenvalue weighted by Gasteiger charge is -2.29. The third-order valence-electron chi connectivity index (χ3n) is 2.59. The normalized spacial score (nSPS) is 24.5. The average Bonchev–Trinajstić information content (AvgIpc) is 2.33. The van der Waals surface area contributed by atoms with Gasteiger partial charge < -0.3 is 10.0 Å². The zero-order valence-electron chi connectivity index (χ0n) is 9.01. The third-order valence-corrected chi connectivity index (χ3v) is 2.59. The Hall–Kier alpha value is -1.41. The van der Waals surface area contributed by atoms with Crippen LogP contribution in [0, 0.1) is 0 Å². The molecule has 0 bridgehead atoms. The molecule has 4 nitrogen and oxygen atoms in total. The summed E-state index contributed by atoms with van der Waals surface area (Å²) in [5.41, 5.74) is 0. The second-order valence-electron chi connectivity index (χ2n) is 4.03. The number of nitrogens with zero attached hydrogens (tertiary/aromatic N) is 1. The number of carbonyl (C=O) groups excluding carboxylic acids is 1. The number of hydrogen-bond acceptors (Lipinski definition) is 2. The van der Waals surface area contributed by atoms with Gasteiger partial charge in [-0.15, -0.1) is 0 Å². The van der Waals surface area contributed by atoms with Crippen LogP contribution in [0.5, 0.6) is 0 Å². The number of carboxylic acids is 1. The molecule has 1 unspecified atom stereocenters. The average molecular weight is 275 g/mol. The van der Waals surface area contributed by atoms with Gasteiger partial charge in [0, 0.05) is 6.42 Å². The van der Waals surface area contributed by atoms with Crippen LogP contribution >= 0.6 is 0 Å². The fourth-order valence-corrected chi connectivity index (χ4v) is 1.78. The molecule has 0 radical (unpaired) electrons. The van der Waals surface area contributed by atoms with Crippen LogP contribution in [0.25, 0.3) is 0 Å².